The summed E-state index contributed by atoms with van der Waals surface area (Å²) >= 11 is 0. The third-order valence-electron chi connectivity index (χ3n) is 4.65. The van der Waals surface area contributed by atoms with Crippen molar-refractivity contribution in [2.75, 3.05) is 13.1 Å². The van der Waals surface area contributed by atoms with Crippen LogP contribution in [-0.4, -0.2) is 43.6 Å². The van der Waals surface area contributed by atoms with Crippen LogP contribution in [0.5, 0.6) is 0 Å². The van der Waals surface area contributed by atoms with Crippen LogP contribution in [0.4, 0.5) is 0 Å². The molecule has 0 aliphatic carbocycles. The highest BCUT2D eigenvalue weighted by molar-refractivity contribution is 7.92. The highest BCUT2D eigenvalue weighted by Crippen LogP contribution is 2.28. The molecule has 1 saturated heterocycles. The zero-order chi connectivity index (χ0) is 17.4. The summed E-state index contributed by atoms with van der Waals surface area (Å²) in [5.74, 6) is -0.0709. The average Bonchev–Trinajstić information content (AvgIpc) is 2.49. The summed E-state index contributed by atoms with van der Waals surface area (Å²) in [6, 6.07) is 6.32. The number of likely N-dealkylation sites (tertiary alicyclic amines) is 1. The van der Waals surface area contributed by atoms with Crippen molar-refractivity contribution in [1.82, 2.24) is 4.90 Å². The van der Waals surface area contributed by atoms with Crippen LogP contribution in [0.3, 0.4) is 0 Å². The molecule has 1 aliphatic rings. The van der Waals surface area contributed by atoms with E-state index in [-0.39, 0.29) is 22.3 Å². The number of sulfone groups is 1. The summed E-state index contributed by atoms with van der Waals surface area (Å²) in [4.78, 5) is 14.7. The number of rotatable bonds is 3. The van der Waals surface area contributed by atoms with Crippen molar-refractivity contribution in [1.29, 1.82) is 0 Å². The molecule has 1 amide bonds. The van der Waals surface area contributed by atoms with Crippen LogP contribution in [0, 0.1) is 5.41 Å². The fourth-order valence-corrected chi connectivity index (χ4v) is 3.85. The minimum absolute atomic E-state index is 0.0709. The number of piperidine rings is 1. The topological polar surface area (TPSA) is 80.5 Å². The van der Waals surface area contributed by atoms with Gasteiger partial charge in [-0.05, 0) is 49.9 Å². The van der Waals surface area contributed by atoms with Crippen LogP contribution < -0.4 is 5.73 Å². The van der Waals surface area contributed by atoms with E-state index in [1.54, 1.807) is 30.9 Å². The molecule has 1 atom stereocenters. The maximum absolute atomic E-state index is 12.6. The maximum Gasteiger partial charge on any atom is 0.253 e. The number of carbonyl (C=O) groups excluding carboxylic acids is 1. The van der Waals surface area contributed by atoms with E-state index in [0.717, 1.165) is 6.42 Å². The van der Waals surface area contributed by atoms with Crippen molar-refractivity contribution in [3.05, 3.63) is 29.8 Å². The smallest absolute Gasteiger partial charge is 0.253 e. The standard InChI is InChI=1S/C17H26N2O3S/c1-12(2)23(21,22)14-7-5-13(6-8-14)16(20)19-10-9-15(18)17(3,4)11-19/h5-8,12,15H,9-11,18H2,1-4H3. The number of hydrogen-bond acceptors (Lipinski definition) is 4. The number of nitrogens with two attached hydrogens (primary N) is 1. The molecule has 1 unspecified atom stereocenters. The Balaban J connectivity index is 2.19. The van der Waals surface area contributed by atoms with Gasteiger partial charge in [0.2, 0.25) is 0 Å². The van der Waals surface area contributed by atoms with Gasteiger partial charge in [-0.3, -0.25) is 4.79 Å². The van der Waals surface area contributed by atoms with Gasteiger partial charge in [-0.15, -0.1) is 0 Å². The first kappa shape index (κ1) is 17.9. The van der Waals surface area contributed by atoms with Crippen molar-refractivity contribution in [2.24, 2.45) is 11.1 Å². The van der Waals surface area contributed by atoms with Crippen molar-refractivity contribution in [3.8, 4) is 0 Å². The molecule has 128 valence electrons. The van der Waals surface area contributed by atoms with Gasteiger partial charge in [0.1, 0.15) is 0 Å². The summed E-state index contributed by atoms with van der Waals surface area (Å²) in [5.41, 5.74) is 6.50. The van der Waals surface area contributed by atoms with Crippen molar-refractivity contribution in [2.45, 2.75) is 50.3 Å². The molecule has 1 aromatic carbocycles. The minimum atomic E-state index is -3.31. The van der Waals surface area contributed by atoms with Crippen molar-refractivity contribution >= 4 is 15.7 Å². The van der Waals surface area contributed by atoms with Crippen LogP contribution in [0.1, 0.15) is 44.5 Å². The molecule has 2 rings (SSSR count). The molecular weight excluding hydrogens is 312 g/mol. The van der Waals surface area contributed by atoms with E-state index in [1.807, 2.05) is 0 Å². The van der Waals surface area contributed by atoms with Gasteiger partial charge >= 0.3 is 0 Å². The average molecular weight is 338 g/mol. The molecule has 0 radical (unpaired) electrons. The normalized spacial score (nSPS) is 21.5. The first-order valence-electron chi connectivity index (χ1n) is 7.94. The summed E-state index contributed by atoms with van der Waals surface area (Å²) in [5, 5.41) is -0.478. The molecule has 23 heavy (non-hydrogen) atoms. The Hall–Kier alpha value is -1.40. The van der Waals surface area contributed by atoms with Crippen LogP contribution in [0.25, 0.3) is 0 Å². The quantitative estimate of drug-likeness (QED) is 0.915. The zero-order valence-electron chi connectivity index (χ0n) is 14.2. The third-order valence-corrected chi connectivity index (χ3v) is 6.82. The molecular formula is C17H26N2O3S. The molecule has 0 bridgehead atoms. The highest BCUT2D eigenvalue weighted by Gasteiger charge is 2.35. The molecule has 5 nitrogen and oxygen atoms in total. The Morgan fingerprint density at radius 2 is 1.83 bits per heavy atom. The first-order chi connectivity index (χ1) is 10.6. The molecule has 0 saturated carbocycles. The Bertz CT molecular complexity index is 678. The maximum atomic E-state index is 12.6. The fourth-order valence-electron chi connectivity index (χ4n) is 2.79. The van der Waals surface area contributed by atoms with Gasteiger partial charge in [0.15, 0.2) is 9.84 Å². The largest absolute Gasteiger partial charge is 0.338 e. The molecule has 1 aliphatic heterocycles. The SMILES string of the molecule is CC(C)S(=O)(=O)c1ccc(C(=O)N2CCC(N)C(C)(C)C2)cc1. The number of nitrogens with zero attached hydrogens (tertiary/aromatic N) is 1. The Morgan fingerprint density at radius 1 is 1.26 bits per heavy atom. The predicted octanol–water partition coefficient (Wildman–Crippen LogP) is 2.07. The number of benzene rings is 1. The lowest BCUT2D eigenvalue weighted by Crippen LogP contribution is -2.54. The second-order valence-corrected chi connectivity index (χ2v) is 9.73. The lowest BCUT2D eigenvalue weighted by atomic mass is 9.79. The van der Waals surface area contributed by atoms with E-state index in [2.05, 4.69) is 13.8 Å². The molecule has 0 aromatic heterocycles. The van der Waals surface area contributed by atoms with Crippen LogP contribution in [0.15, 0.2) is 29.2 Å². The lowest BCUT2D eigenvalue weighted by Gasteiger charge is -2.42. The van der Waals surface area contributed by atoms with E-state index < -0.39 is 15.1 Å². The summed E-state index contributed by atoms with van der Waals surface area (Å²) in [7, 11) is -3.31. The van der Waals surface area contributed by atoms with Gasteiger partial charge in [0, 0.05) is 24.7 Å². The Labute approximate surface area is 138 Å². The van der Waals surface area contributed by atoms with Crippen LogP contribution in [-0.2, 0) is 9.84 Å². The van der Waals surface area contributed by atoms with Gasteiger partial charge in [-0.2, -0.15) is 0 Å². The first-order valence-corrected chi connectivity index (χ1v) is 9.49. The molecule has 6 heteroatoms. The van der Waals surface area contributed by atoms with E-state index >= 15 is 0 Å². The Morgan fingerprint density at radius 3 is 2.30 bits per heavy atom. The zero-order valence-corrected chi connectivity index (χ0v) is 15.1. The van der Waals surface area contributed by atoms with Crippen molar-refractivity contribution in [3.63, 3.8) is 0 Å². The number of hydrogen-bond donors (Lipinski definition) is 1. The predicted molar refractivity (Wildman–Crippen MR) is 91.0 cm³/mol. The van der Waals surface area contributed by atoms with Crippen LogP contribution in [0.2, 0.25) is 0 Å². The molecule has 2 N–H and O–H groups in total. The van der Waals surface area contributed by atoms with Crippen LogP contribution >= 0.6 is 0 Å². The van der Waals surface area contributed by atoms with E-state index in [0.29, 0.717) is 18.7 Å². The molecule has 0 spiro atoms. The minimum Gasteiger partial charge on any atom is -0.338 e. The summed E-state index contributed by atoms with van der Waals surface area (Å²) in [6.07, 6.45) is 0.776. The monoisotopic (exact) mass is 338 g/mol. The lowest BCUT2D eigenvalue weighted by molar-refractivity contribution is 0.0533. The Kier molecular flexibility index (Phi) is 4.87. The third kappa shape index (κ3) is 3.58. The second kappa shape index (κ2) is 6.24. The van der Waals surface area contributed by atoms with E-state index in [1.165, 1.54) is 12.1 Å². The summed E-state index contributed by atoms with van der Waals surface area (Å²) in [6.45, 7) is 8.67. The van der Waals surface area contributed by atoms with Gasteiger partial charge in [-0.25, -0.2) is 8.42 Å². The van der Waals surface area contributed by atoms with Crippen molar-refractivity contribution < 1.29 is 13.2 Å². The molecule has 1 aromatic rings. The van der Waals surface area contributed by atoms with E-state index in [9.17, 15) is 13.2 Å². The number of carbonyl (C=O) groups is 1. The fraction of sp³-hybridized carbons (Fsp3) is 0.588. The van der Waals surface area contributed by atoms with Gasteiger partial charge in [0.25, 0.3) is 5.91 Å². The van der Waals surface area contributed by atoms with Gasteiger partial charge < -0.3 is 10.6 Å². The second-order valence-electron chi connectivity index (χ2n) is 7.23. The summed E-state index contributed by atoms with van der Waals surface area (Å²) < 4.78 is 24.3. The molecule has 1 fully saturated rings. The highest BCUT2D eigenvalue weighted by atomic mass is 32.2. The number of amides is 1. The van der Waals surface area contributed by atoms with E-state index in [4.69, 9.17) is 5.73 Å². The van der Waals surface area contributed by atoms with Gasteiger partial charge in [-0.1, -0.05) is 13.8 Å². The molecule has 1 heterocycles. The van der Waals surface area contributed by atoms with Gasteiger partial charge in [0.05, 0.1) is 10.1 Å².